The summed E-state index contributed by atoms with van der Waals surface area (Å²) in [4.78, 5) is 10.8. The molecule has 4 N–H and O–H groups in total. The fraction of sp³-hybridized carbons (Fsp3) is 0.875. The van der Waals surface area contributed by atoms with Crippen LogP contribution < -0.4 is 16.6 Å². The van der Waals surface area contributed by atoms with Gasteiger partial charge in [0, 0.05) is 6.54 Å². The maximum atomic E-state index is 10.8. The topological polar surface area (TPSA) is 67.2 Å². The van der Waals surface area contributed by atoms with E-state index in [2.05, 4.69) is 17.7 Å². The van der Waals surface area contributed by atoms with Crippen molar-refractivity contribution in [1.29, 1.82) is 0 Å². The minimum absolute atomic E-state index is 0.283. The van der Waals surface area contributed by atoms with Crippen LogP contribution in [0.3, 0.4) is 0 Å². The Morgan fingerprint density at radius 3 is 2.58 bits per heavy atom. The third-order valence-corrected chi connectivity index (χ3v) is 2.92. The molecule has 70 valence electrons. The van der Waals surface area contributed by atoms with Gasteiger partial charge in [-0.1, -0.05) is 13.3 Å². The number of nitrogens with one attached hydrogen (secondary N) is 2. The Kier molecular flexibility index (Phi) is 2.92. The van der Waals surface area contributed by atoms with Gasteiger partial charge in [-0.05, 0) is 24.7 Å². The van der Waals surface area contributed by atoms with Gasteiger partial charge >= 0.3 is 6.03 Å². The van der Waals surface area contributed by atoms with E-state index in [4.69, 9.17) is 5.84 Å². The van der Waals surface area contributed by atoms with E-state index in [9.17, 15) is 4.79 Å². The zero-order valence-corrected chi connectivity index (χ0v) is 7.52. The first-order valence-electron chi connectivity index (χ1n) is 4.47. The number of rotatable bonds is 3. The van der Waals surface area contributed by atoms with Crippen LogP contribution >= 0.6 is 0 Å². The first-order chi connectivity index (χ1) is 5.72. The molecular weight excluding hydrogens is 154 g/mol. The molecule has 2 amide bonds. The summed E-state index contributed by atoms with van der Waals surface area (Å²) < 4.78 is 0. The van der Waals surface area contributed by atoms with E-state index in [1.54, 1.807) is 0 Å². The first kappa shape index (κ1) is 9.32. The summed E-state index contributed by atoms with van der Waals surface area (Å²) >= 11 is 0. The van der Waals surface area contributed by atoms with Crippen LogP contribution in [0.25, 0.3) is 0 Å². The normalized spacial score (nSPS) is 19.5. The summed E-state index contributed by atoms with van der Waals surface area (Å²) in [6.07, 6.45) is 4.89. The number of nitrogens with two attached hydrogens (primary N) is 1. The van der Waals surface area contributed by atoms with Gasteiger partial charge in [-0.25, -0.2) is 10.6 Å². The van der Waals surface area contributed by atoms with Crippen molar-refractivity contribution in [3.05, 3.63) is 0 Å². The molecule has 0 radical (unpaired) electrons. The molecule has 4 nitrogen and oxygen atoms in total. The summed E-state index contributed by atoms with van der Waals surface area (Å²) in [5.41, 5.74) is 2.43. The Hall–Kier alpha value is -0.770. The molecule has 1 aliphatic rings. The molecule has 0 atom stereocenters. The van der Waals surface area contributed by atoms with Gasteiger partial charge < -0.3 is 5.32 Å². The Labute approximate surface area is 72.9 Å². The molecule has 12 heavy (non-hydrogen) atoms. The Bertz CT molecular complexity index is 160. The Morgan fingerprint density at radius 1 is 1.58 bits per heavy atom. The minimum Gasteiger partial charge on any atom is -0.337 e. The van der Waals surface area contributed by atoms with Crippen molar-refractivity contribution >= 4 is 6.03 Å². The first-order valence-corrected chi connectivity index (χ1v) is 4.47. The number of hydrogen-bond acceptors (Lipinski definition) is 2. The van der Waals surface area contributed by atoms with Gasteiger partial charge in [0.1, 0.15) is 0 Å². The molecule has 0 aliphatic heterocycles. The quantitative estimate of drug-likeness (QED) is 0.333. The van der Waals surface area contributed by atoms with E-state index in [0.29, 0.717) is 5.41 Å². The third-order valence-electron chi connectivity index (χ3n) is 2.92. The monoisotopic (exact) mass is 171 g/mol. The summed E-state index contributed by atoms with van der Waals surface area (Å²) in [5, 5.41) is 2.75. The second-order valence-corrected chi connectivity index (χ2v) is 3.53. The zero-order chi connectivity index (χ0) is 9.03. The van der Waals surface area contributed by atoms with E-state index in [1.165, 1.54) is 19.3 Å². The number of amides is 2. The van der Waals surface area contributed by atoms with Crippen LogP contribution in [0.5, 0.6) is 0 Å². The molecule has 1 fully saturated rings. The molecule has 0 spiro atoms. The second-order valence-electron chi connectivity index (χ2n) is 3.53. The van der Waals surface area contributed by atoms with E-state index < -0.39 is 0 Å². The highest BCUT2D eigenvalue weighted by Crippen LogP contribution is 2.42. The van der Waals surface area contributed by atoms with Crippen molar-refractivity contribution in [2.24, 2.45) is 11.3 Å². The van der Waals surface area contributed by atoms with Crippen molar-refractivity contribution in [2.75, 3.05) is 6.54 Å². The summed E-state index contributed by atoms with van der Waals surface area (Å²) in [6, 6.07) is -0.283. The number of carbonyl (C=O) groups is 1. The lowest BCUT2D eigenvalue weighted by atomic mass is 9.67. The average Bonchev–Trinajstić information content (AvgIpc) is 2.03. The van der Waals surface area contributed by atoms with Crippen LogP contribution in [0, 0.1) is 5.41 Å². The highest BCUT2D eigenvalue weighted by molar-refractivity contribution is 5.73. The minimum atomic E-state index is -0.283. The number of carbonyl (C=O) groups excluding carboxylic acids is 1. The molecular formula is C8H17N3O. The molecule has 4 heteroatoms. The highest BCUT2D eigenvalue weighted by atomic mass is 16.2. The van der Waals surface area contributed by atoms with Gasteiger partial charge in [-0.15, -0.1) is 0 Å². The molecule has 0 aromatic heterocycles. The van der Waals surface area contributed by atoms with Crippen LogP contribution in [0.2, 0.25) is 0 Å². The van der Waals surface area contributed by atoms with Gasteiger partial charge in [0.05, 0.1) is 0 Å². The lowest BCUT2D eigenvalue weighted by Crippen LogP contribution is -2.47. The number of hydrogen-bond donors (Lipinski definition) is 3. The van der Waals surface area contributed by atoms with Crippen molar-refractivity contribution in [1.82, 2.24) is 10.7 Å². The molecule has 0 bridgehead atoms. The van der Waals surface area contributed by atoms with Crippen LogP contribution in [0.4, 0.5) is 4.79 Å². The SMILES string of the molecule is CCC1(CNC(=O)NN)CCC1. The standard InChI is InChI=1S/C8H17N3O/c1-2-8(4-3-5-8)6-10-7(12)11-9/h2-6,9H2,1H3,(H2,10,11,12). The largest absolute Gasteiger partial charge is 0.337 e. The van der Waals surface area contributed by atoms with Crippen LogP contribution in [0.1, 0.15) is 32.6 Å². The molecule has 1 saturated carbocycles. The molecule has 1 rings (SSSR count). The molecule has 1 aliphatic carbocycles. The Balaban J connectivity index is 2.24. The summed E-state index contributed by atoms with van der Waals surface area (Å²) in [5.74, 6) is 4.94. The van der Waals surface area contributed by atoms with E-state index in [0.717, 1.165) is 13.0 Å². The van der Waals surface area contributed by atoms with Crippen molar-refractivity contribution in [2.45, 2.75) is 32.6 Å². The van der Waals surface area contributed by atoms with Gasteiger partial charge in [0.25, 0.3) is 0 Å². The van der Waals surface area contributed by atoms with Gasteiger partial charge in [0.2, 0.25) is 0 Å². The van der Waals surface area contributed by atoms with E-state index in [-0.39, 0.29) is 6.03 Å². The third kappa shape index (κ3) is 1.88. The van der Waals surface area contributed by atoms with Crippen LogP contribution in [-0.4, -0.2) is 12.6 Å². The lowest BCUT2D eigenvalue weighted by molar-refractivity contribution is 0.126. The maximum Gasteiger partial charge on any atom is 0.328 e. The van der Waals surface area contributed by atoms with Crippen LogP contribution in [-0.2, 0) is 0 Å². The lowest BCUT2D eigenvalue weighted by Gasteiger charge is -2.41. The molecule has 0 aromatic rings. The fourth-order valence-corrected chi connectivity index (χ4v) is 1.65. The van der Waals surface area contributed by atoms with Crippen LogP contribution in [0.15, 0.2) is 0 Å². The molecule has 0 unspecified atom stereocenters. The van der Waals surface area contributed by atoms with Crippen molar-refractivity contribution < 1.29 is 4.79 Å². The van der Waals surface area contributed by atoms with Gasteiger partial charge in [-0.2, -0.15) is 0 Å². The van der Waals surface area contributed by atoms with Crippen molar-refractivity contribution in [3.63, 3.8) is 0 Å². The maximum absolute atomic E-state index is 10.8. The van der Waals surface area contributed by atoms with Crippen molar-refractivity contribution in [3.8, 4) is 0 Å². The molecule has 0 heterocycles. The summed E-state index contributed by atoms with van der Waals surface area (Å²) in [6.45, 7) is 2.92. The van der Waals surface area contributed by atoms with E-state index >= 15 is 0 Å². The number of hydrazine groups is 1. The predicted octanol–water partition coefficient (Wildman–Crippen LogP) is 0.740. The van der Waals surface area contributed by atoms with Gasteiger partial charge in [-0.3, -0.25) is 5.43 Å². The van der Waals surface area contributed by atoms with E-state index in [1.807, 2.05) is 0 Å². The molecule has 0 saturated heterocycles. The second kappa shape index (κ2) is 3.76. The predicted molar refractivity (Wildman–Crippen MR) is 47.3 cm³/mol. The smallest absolute Gasteiger partial charge is 0.328 e. The number of urea groups is 1. The highest BCUT2D eigenvalue weighted by Gasteiger charge is 2.34. The Morgan fingerprint density at radius 2 is 2.25 bits per heavy atom. The zero-order valence-electron chi connectivity index (χ0n) is 7.52. The average molecular weight is 171 g/mol. The molecule has 0 aromatic carbocycles. The summed E-state index contributed by atoms with van der Waals surface area (Å²) in [7, 11) is 0. The van der Waals surface area contributed by atoms with Gasteiger partial charge in [0.15, 0.2) is 0 Å². The fourth-order valence-electron chi connectivity index (χ4n) is 1.65.